The maximum absolute atomic E-state index is 15.5. The standard InChI is InChI=1S/C34H44F2N2O5/c1-3-5-6-13-32-14-17-33(18-15-32,19-16-32)34(35,36)43-26-10-7-23(8-11-26)9-12-30(39)42-25(4-2)22-27-28(37)20-24(31(40)41)21-29(27)38/h7-12,20-21,25H,3-6,13-19,22,37-38H2,1-2H3,(H,40,41). The van der Waals surface area contributed by atoms with Gasteiger partial charge in [-0.3, -0.25) is 0 Å². The minimum absolute atomic E-state index is 0.0150. The number of carboxylic acids is 1. The van der Waals surface area contributed by atoms with Gasteiger partial charge in [-0.25, -0.2) is 9.59 Å². The normalized spacial score (nSPS) is 22.4. The third-order valence-corrected chi connectivity index (χ3v) is 9.60. The van der Waals surface area contributed by atoms with Crippen LogP contribution in [0.5, 0.6) is 5.75 Å². The molecule has 2 bridgehead atoms. The van der Waals surface area contributed by atoms with Gasteiger partial charge in [0.15, 0.2) is 0 Å². The third-order valence-electron chi connectivity index (χ3n) is 9.60. The molecule has 1 atom stereocenters. The van der Waals surface area contributed by atoms with Crippen LogP contribution in [-0.2, 0) is 16.0 Å². The molecule has 9 heteroatoms. The second-order valence-corrected chi connectivity index (χ2v) is 12.4. The van der Waals surface area contributed by atoms with Gasteiger partial charge in [-0.05, 0) is 92.7 Å². The highest BCUT2D eigenvalue weighted by atomic mass is 19.3. The number of nitrogen functional groups attached to an aromatic ring is 2. The molecule has 3 fully saturated rings. The van der Waals surface area contributed by atoms with Crippen LogP contribution >= 0.6 is 0 Å². The number of halogens is 2. The Morgan fingerprint density at radius 2 is 1.60 bits per heavy atom. The highest BCUT2D eigenvalue weighted by Crippen LogP contribution is 2.63. The van der Waals surface area contributed by atoms with E-state index in [-0.39, 0.29) is 34.5 Å². The summed E-state index contributed by atoms with van der Waals surface area (Å²) in [6, 6.07) is 8.90. The molecule has 7 nitrogen and oxygen atoms in total. The smallest absolute Gasteiger partial charge is 0.403 e. The molecule has 0 amide bonds. The van der Waals surface area contributed by atoms with Crippen LogP contribution in [0.3, 0.4) is 0 Å². The van der Waals surface area contributed by atoms with Gasteiger partial charge in [0.1, 0.15) is 11.9 Å². The zero-order valence-corrected chi connectivity index (χ0v) is 25.2. The molecule has 1 unspecified atom stereocenters. The van der Waals surface area contributed by atoms with Crippen LogP contribution in [0, 0.1) is 10.8 Å². The number of nitrogens with two attached hydrogens (primary N) is 2. The number of hydrogen-bond acceptors (Lipinski definition) is 6. The maximum Gasteiger partial charge on any atom is 0.403 e. The van der Waals surface area contributed by atoms with Gasteiger partial charge in [0.05, 0.1) is 11.0 Å². The van der Waals surface area contributed by atoms with Crippen molar-refractivity contribution < 1.29 is 33.0 Å². The number of carboxylic acid groups (broad SMARTS) is 1. The predicted molar refractivity (Wildman–Crippen MR) is 164 cm³/mol. The monoisotopic (exact) mass is 598 g/mol. The van der Waals surface area contributed by atoms with E-state index in [2.05, 4.69) is 6.92 Å². The Hall–Kier alpha value is -3.62. The van der Waals surface area contributed by atoms with Crippen LogP contribution in [0.4, 0.5) is 20.2 Å². The zero-order chi connectivity index (χ0) is 31.3. The number of unbranched alkanes of at least 4 members (excludes halogenated alkanes) is 2. The molecule has 0 heterocycles. The second kappa shape index (κ2) is 13.3. The number of anilines is 2. The van der Waals surface area contributed by atoms with E-state index in [0.717, 1.165) is 25.7 Å². The van der Waals surface area contributed by atoms with Crippen LogP contribution in [0.1, 0.15) is 106 Å². The first kappa shape index (κ1) is 32.3. The summed E-state index contributed by atoms with van der Waals surface area (Å²) in [4.78, 5) is 23.7. The van der Waals surface area contributed by atoms with Gasteiger partial charge in [-0.15, -0.1) is 0 Å². The molecule has 0 saturated heterocycles. The molecule has 3 saturated carbocycles. The Morgan fingerprint density at radius 3 is 2.14 bits per heavy atom. The van der Waals surface area contributed by atoms with Gasteiger partial charge in [0.25, 0.3) is 0 Å². The number of esters is 1. The molecule has 2 aromatic carbocycles. The summed E-state index contributed by atoms with van der Waals surface area (Å²) in [6.45, 7) is 4.03. The number of carbonyl (C=O) groups excluding carboxylic acids is 1. The summed E-state index contributed by atoms with van der Waals surface area (Å²) < 4.78 is 42.0. The molecule has 0 aromatic heterocycles. The molecular formula is C34H44F2N2O5. The van der Waals surface area contributed by atoms with Gasteiger partial charge < -0.3 is 26.0 Å². The van der Waals surface area contributed by atoms with Gasteiger partial charge in [-0.1, -0.05) is 45.2 Å². The largest absolute Gasteiger partial charge is 0.478 e. The fraction of sp³-hybridized carbons (Fsp3) is 0.529. The van der Waals surface area contributed by atoms with E-state index in [1.807, 2.05) is 6.92 Å². The maximum atomic E-state index is 15.5. The topological polar surface area (TPSA) is 125 Å². The quantitative estimate of drug-likeness (QED) is 0.0870. The number of aromatic carboxylic acids is 1. The Bertz CT molecular complexity index is 1280. The Morgan fingerprint density at radius 1 is 1.00 bits per heavy atom. The molecule has 3 aliphatic carbocycles. The van der Waals surface area contributed by atoms with Gasteiger partial charge >= 0.3 is 18.0 Å². The average Bonchev–Trinajstić information content (AvgIpc) is 2.98. The number of rotatable bonds is 14. The van der Waals surface area contributed by atoms with Crippen molar-refractivity contribution in [3.05, 3.63) is 59.2 Å². The summed E-state index contributed by atoms with van der Waals surface area (Å²) in [7, 11) is 0. The lowest BCUT2D eigenvalue weighted by Gasteiger charge is -2.55. The SMILES string of the molecule is CCCCCC12CCC(C(F)(F)Oc3ccc(C=CC(=O)OC(CC)Cc4c(N)cc(C(=O)O)cc4N)cc3)(CC1)CC2. The fourth-order valence-electron chi connectivity index (χ4n) is 6.67. The molecule has 0 radical (unpaired) electrons. The Labute approximate surface area is 252 Å². The summed E-state index contributed by atoms with van der Waals surface area (Å²) >= 11 is 0. The van der Waals surface area contributed by atoms with Crippen LogP contribution in [0.25, 0.3) is 6.08 Å². The average molecular weight is 599 g/mol. The van der Waals surface area contributed by atoms with E-state index in [4.69, 9.17) is 20.9 Å². The van der Waals surface area contributed by atoms with Crippen LogP contribution in [0.2, 0.25) is 0 Å². The molecule has 0 spiro atoms. The molecule has 234 valence electrons. The molecule has 2 aromatic rings. The molecule has 3 aliphatic rings. The van der Waals surface area contributed by atoms with E-state index in [0.29, 0.717) is 36.8 Å². The summed E-state index contributed by atoms with van der Waals surface area (Å²) in [5, 5.41) is 9.17. The van der Waals surface area contributed by atoms with Gasteiger partial charge in [0.2, 0.25) is 0 Å². The molecule has 5 N–H and O–H groups in total. The van der Waals surface area contributed by atoms with Gasteiger partial charge in [-0.2, -0.15) is 8.78 Å². The van der Waals surface area contributed by atoms with E-state index < -0.39 is 29.6 Å². The van der Waals surface area contributed by atoms with Crippen molar-refractivity contribution in [2.45, 2.75) is 103 Å². The molecule has 5 rings (SSSR count). The summed E-state index contributed by atoms with van der Waals surface area (Å²) in [5.41, 5.74) is 12.7. The summed E-state index contributed by atoms with van der Waals surface area (Å²) in [5.74, 6) is -1.62. The number of hydrogen-bond donors (Lipinski definition) is 3. The van der Waals surface area contributed by atoms with Crippen LogP contribution < -0.4 is 16.2 Å². The number of benzene rings is 2. The molecule has 0 aliphatic heterocycles. The van der Waals surface area contributed by atoms with Crippen molar-refractivity contribution in [1.82, 2.24) is 0 Å². The van der Waals surface area contributed by atoms with Crippen molar-refractivity contribution in [3.8, 4) is 5.75 Å². The highest BCUT2D eigenvalue weighted by molar-refractivity contribution is 5.91. The minimum atomic E-state index is -3.25. The Kier molecular flexibility index (Phi) is 10.0. The molecular weight excluding hydrogens is 554 g/mol. The third kappa shape index (κ3) is 7.48. The van der Waals surface area contributed by atoms with Crippen LogP contribution in [0.15, 0.2) is 42.5 Å². The summed E-state index contributed by atoms with van der Waals surface area (Å²) in [6.07, 6.45) is 8.51. The van der Waals surface area contributed by atoms with Crippen molar-refractivity contribution >= 4 is 29.4 Å². The van der Waals surface area contributed by atoms with Crippen molar-refractivity contribution in [2.75, 3.05) is 11.5 Å². The molecule has 43 heavy (non-hydrogen) atoms. The minimum Gasteiger partial charge on any atom is -0.478 e. The van der Waals surface area contributed by atoms with E-state index in [1.54, 1.807) is 18.2 Å². The van der Waals surface area contributed by atoms with E-state index in [1.165, 1.54) is 49.6 Å². The fourth-order valence-corrected chi connectivity index (χ4v) is 6.67. The van der Waals surface area contributed by atoms with Crippen molar-refractivity contribution in [2.24, 2.45) is 10.8 Å². The van der Waals surface area contributed by atoms with Gasteiger partial charge in [0, 0.05) is 29.4 Å². The Balaban J connectivity index is 1.31. The lowest BCUT2D eigenvalue weighted by Crippen LogP contribution is -2.53. The first-order chi connectivity index (χ1) is 20.4. The zero-order valence-electron chi connectivity index (χ0n) is 25.2. The van der Waals surface area contributed by atoms with E-state index >= 15 is 8.78 Å². The predicted octanol–water partition coefficient (Wildman–Crippen LogP) is 8.02. The first-order valence-electron chi connectivity index (χ1n) is 15.4. The highest BCUT2D eigenvalue weighted by Gasteiger charge is 2.62. The van der Waals surface area contributed by atoms with E-state index in [9.17, 15) is 14.7 Å². The second-order valence-electron chi connectivity index (χ2n) is 12.4. The number of carbonyl (C=O) groups is 2. The van der Waals surface area contributed by atoms with Crippen LogP contribution in [-0.4, -0.2) is 29.3 Å². The first-order valence-corrected chi connectivity index (χ1v) is 15.4. The lowest BCUT2D eigenvalue weighted by atomic mass is 9.52. The number of fused-ring (bicyclic) bond motifs is 3. The number of alkyl halides is 2. The van der Waals surface area contributed by atoms with Crippen molar-refractivity contribution in [1.29, 1.82) is 0 Å². The van der Waals surface area contributed by atoms with Crippen molar-refractivity contribution in [3.63, 3.8) is 0 Å². The lowest BCUT2D eigenvalue weighted by molar-refractivity contribution is -0.289. The number of ether oxygens (including phenoxy) is 2.